The minimum atomic E-state index is -6.97. The van der Waals surface area contributed by atoms with Gasteiger partial charge in [0, 0.05) is 10.0 Å². The molecule has 1 aliphatic rings. The first-order valence-electron chi connectivity index (χ1n) is 8.30. The van der Waals surface area contributed by atoms with Crippen LogP contribution in [0.2, 0.25) is 0 Å². The number of carboxylic acids is 1. The molecule has 0 spiro atoms. The van der Waals surface area contributed by atoms with Gasteiger partial charge < -0.3 is 9.90 Å². The molecule has 0 fully saturated rings. The van der Waals surface area contributed by atoms with Gasteiger partial charge in [0.15, 0.2) is 0 Å². The smallest absolute Gasteiger partial charge is 0.460 e. The first kappa shape index (κ1) is 27.7. The van der Waals surface area contributed by atoms with Crippen LogP contribution in [-0.4, -0.2) is 35.8 Å². The van der Waals surface area contributed by atoms with Crippen LogP contribution in [0.4, 0.5) is 48.3 Å². The quantitative estimate of drug-likeness (QED) is 0.148. The second kappa shape index (κ2) is 9.25. The van der Waals surface area contributed by atoms with Crippen molar-refractivity contribution in [1.82, 2.24) is 0 Å². The second-order valence-electron chi connectivity index (χ2n) is 6.59. The molecule has 2 nitrogen and oxygen atoms in total. The monoisotopic (exact) mass is 585 g/mol. The van der Waals surface area contributed by atoms with Gasteiger partial charge in [-0.3, -0.25) is 0 Å². The fraction of sp³-hybridized carbons (Fsp3) is 0.588. The van der Waals surface area contributed by atoms with Crippen LogP contribution in [0.5, 0.6) is 0 Å². The number of aliphatic carboxylic acids is 1. The molecule has 31 heavy (non-hydrogen) atoms. The van der Waals surface area contributed by atoms with Crippen LogP contribution in [0.3, 0.4) is 0 Å². The minimum absolute atomic E-state index is 0.0260. The van der Waals surface area contributed by atoms with Crippen molar-refractivity contribution in [3.63, 3.8) is 0 Å². The molecule has 1 atom stereocenters. The SMILES string of the molecule is O=C([O-])C1C(CCCC=CCC(F)(F)C(F)(F)C(F)(F)C(F)(F)F)=CC(I)=CC1(F)F. The molecule has 0 radical (unpaired) electrons. The van der Waals surface area contributed by atoms with Gasteiger partial charge in [-0.1, -0.05) is 17.7 Å². The summed E-state index contributed by atoms with van der Waals surface area (Å²) in [5.74, 6) is -27.5. The fourth-order valence-corrected chi connectivity index (χ4v) is 3.47. The molecule has 0 aliphatic heterocycles. The van der Waals surface area contributed by atoms with Crippen LogP contribution in [0.15, 0.2) is 33.5 Å². The lowest BCUT2D eigenvalue weighted by molar-refractivity contribution is -0.395. The van der Waals surface area contributed by atoms with Crippen LogP contribution in [-0.2, 0) is 4.79 Å². The van der Waals surface area contributed by atoms with E-state index in [1.54, 1.807) is 0 Å². The normalized spacial score (nSPS) is 20.6. The highest BCUT2D eigenvalue weighted by Gasteiger charge is 2.81. The molecule has 0 amide bonds. The van der Waals surface area contributed by atoms with Crippen molar-refractivity contribution in [2.75, 3.05) is 0 Å². The summed E-state index contributed by atoms with van der Waals surface area (Å²) in [6, 6.07) is 0. The van der Waals surface area contributed by atoms with Crippen molar-refractivity contribution in [1.29, 1.82) is 0 Å². The Balaban J connectivity index is 2.74. The second-order valence-corrected chi connectivity index (χ2v) is 7.84. The van der Waals surface area contributed by atoms with Crippen LogP contribution in [0, 0.1) is 5.92 Å². The van der Waals surface area contributed by atoms with Crippen LogP contribution < -0.4 is 5.11 Å². The maximum absolute atomic E-state index is 13.8. The predicted molar refractivity (Wildman–Crippen MR) is 92.1 cm³/mol. The molecule has 0 saturated heterocycles. The zero-order chi connectivity index (χ0) is 24.5. The average Bonchev–Trinajstić information content (AvgIpc) is 2.54. The summed E-state index contributed by atoms with van der Waals surface area (Å²) in [5, 5.41) is 11.0. The maximum atomic E-state index is 13.8. The number of hydrogen-bond donors (Lipinski definition) is 0. The topological polar surface area (TPSA) is 40.1 Å². The van der Waals surface area contributed by atoms with Gasteiger partial charge >= 0.3 is 23.9 Å². The molecule has 1 aliphatic carbocycles. The highest BCUT2D eigenvalue weighted by atomic mass is 127. The van der Waals surface area contributed by atoms with E-state index in [4.69, 9.17) is 0 Å². The molecule has 0 heterocycles. The summed E-state index contributed by atoms with van der Waals surface area (Å²) >= 11 is 1.51. The zero-order valence-corrected chi connectivity index (χ0v) is 17.2. The Morgan fingerprint density at radius 1 is 1.03 bits per heavy atom. The van der Waals surface area contributed by atoms with E-state index in [1.807, 2.05) is 0 Å². The van der Waals surface area contributed by atoms with E-state index in [1.165, 1.54) is 22.6 Å². The Hall–Kier alpha value is -1.35. The molecule has 14 heteroatoms. The Bertz CT molecular complexity index is 767. The molecule has 0 N–H and O–H groups in total. The van der Waals surface area contributed by atoms with Crippen molar-refractivity contribution in [3.05, 3.63) is 33.5 Å². The average molecular weight is 585 g/mol. The highest BCUT2D eigenvalue weighted by Crippen LogP contribution is 2.54. The molecule has 0 aromatic carbocycles. The van der Waals surface area contributed by atoms with E-state index < -0.39 is 48.2 Å². The number of halogens is 12. The lowest BCUT2D eigenvalue weighted by Gasteiger charge is -2.33. The molecule has 0 aromatic rings. The lowest BCUT2D eigenvalue weighted by atomic mass is 9.85. The summed E-state index contributed by atoms with van der Waals surface area (Å²) < 4.78 is 142. The zero-order valence-electron chi connectivity index (χ0n) is 15.1. The van der Waals surface area contributed by atoms with Crippen LogP contribution in [0.1, 0.15) is 25.7 Å². The maximum Gasteiger partial charge on any atom is 0.460 e. The molecular weight excluding hydrogens is 572 g/mol. The van der Waals surface area contributed by atoms with Gasteiger partial charge in [0.2, 0.25) is 0 Å². The minimum Gasteiger partial charge on any atom is -0.549 e. The number of carbonyl (C=O) groups excluding carboxylic acids is 1. The van der Waals surface area contributed by atoms with Crippen LogP contribution in [0.25, 0.3) is 0 Å². The summed E-state index contributed by atoms with van der Waals surface area (Å²) in [6.07, 6.45) is -7.15. The Morgan fingerprint density at radius 3 is 2.06 bits per heavy atom. The largest absolute Gasteiger partial charge is 0.549 e. The third-order valence-corrected chi connectivity index (χ3v) is 4.85. The first-order chi connectivity index (χ1) is 13.8. The van der Waals surface area contributed by atoms with E-state index in [0.717, 1.165) is 12.2 Å². The fourth-order valence-electron chi connectivity index (χ4n) is 2.65. The Labute approximate surface area is 182 Å². The molecule has 1 rings (SSSR count). The van der Waals surface area contributed by atoms with E-state index in [9.17, 15) is 58.2 Å². The van der Waals surface area contributed by atoms with Crippen LogP contribution >= 0.6 is 22.6 Å². The van der Waals surface area contributed by atoms with E-state index in [-0.39, 0.29) is 34.5 Å². The number of alkyl halides is 11. The molecule has 1 unspecified atom stereocenters. The predicted octanol–water partition coefficient (Wildman–Crippen LogP) is 5.83. The third kappa shape index (κ3) is 5.92. The van der Waals surface area contributed by atoms with Gasteiger partial charge in [0.05, 0.1) is 11.9 Å². The summed E-state index contributed by atoms with van der Waals surface area (Å²) in [5.41, 5.74) is -0.244. The van der Waals surface area contributed by atoms with E-state index in [2.05, 4.69) is 0 Å². The first-order valence-corrected chi connectivity index (χ1v) is 9.38. The van der Waals surface area contributed by atoms with E-state index >= 15 is 0 Å². The number of allylic oxidation sites excluding steroid dienone is 5. The standard InChI is InChI=1S/C17H14F11IO2/c18-13(19)8-10(29)7-9(11(13)12(30)31)5-3-1-2-4-6-14(20,21)15(22,23)16(24,25)17(26,27)28/h2,4,7-8,11H,1,3,5-6H2,(H,30,31)/p-1. The molecule has 0 aromatic heterocycles. The Kier molecular flexibility index (Phi) is 8.26. The van der Waals surface area contributed by atoms with Gasteiger partial charge in [-0.15, -0.1) is 0 Å². The number of carbonyl (C=O) groups is 1. The summed E-state index contributed by atoms with van der Waals surface area (Å²) in [4.78, 5) is 11.0. The summed E-state index contributed by atoms with van der Waals surface area (Å²) in [7, 11) is 0. The van der Waals surface area contributed by atoms with Crippen molar-refractivity contribution in [3.8, 4) is 0 Å². The van der Waals surface area contributed by atoms with Crippen molar-refractivity contribution in [2.45, 2.75) is 55.5 Å². The lowest BCUT2D eigenvalue weighted by Crippen LogP contribution is -2.60. The van der Waals surface area contributed by atoms with Crippen molar-refractivity contribution < 1.29 is 58.2 Å². The highest BCUT2D eigenvalue weighted by molar-refractivity contribution is 14.1. The Morgan fingerprint density at radius 2 is 1.58 bits per heavy atom. The van der Waals surface area contributed by atoms with Crippen molar-refractivity contribution >= 4 is 28.6 Å². The number of rotatable bonds is 9. The van der Waals surface area contributed by atoms with Gasteiger partial charge in [0.25, 0.3) is 5.92 Å². The van der Waals surface area contributed by atoms with Gasteiger partial charge in [0.1, 0.15) is 0 Å². The molecule has 178 valence electrons. The van der Waals surface area contributed by atoms with Gasteiger partial charge in [-0.2, -0.15) is 39.5 Å². The molecule has 0 bridgehead atoms. The van der Waals surface area contributed by atoms with Gasteiger partial charge in [-0.05, 0) is 54.0 Å². The molecule has 0 saturated carbocycles. The third-order valence-electron chi connectivity index (χ3n) is 4.23. The van der Waals surface area contributed by atoms with E-state index in [0.29, 0.717) is 6.08 Å². The number of hydrogen-bond acceptors (Lipinski definition) is 2. The van der Waals surface area contributed by atoms with Crippen molar-refractivity contribution in [2.24, 2.45) is 5.92 Å². The summed E-state index contributed by atoms with van der Waals surface area (Å²) in [6.45, 7) is 0. The molecular formula is C17H13F11IO2-. The number of unbranched alkanes of at least 4 members (excludes halogenated alkanes) is 1. The van der Waals surface area contributed by atoms with Gasteiger partial charge in [-0.25, -0.2) is 8.78 Å². The number of carboxylic acid groups (broad SMARTS) is 1.